The van der Waals surface area contributed by atoms with Crippen LogP contribution in [0.2, 0.25) is 0 Å². The molecule has 0 unspecified atom stereocenters. The summed E-state index contributed by atoms with van der Waals surface area (Å²) >= 11 is 0. The number of carbonyl (C=O) groups excluding carboxylic acids is 1. The second-order valence-electron chi connectivity index (χ2n) is 6.73. The van der Waals surface area contributed by atoms with Gasteiger partial charge in [0.2, 0.25) is 5.91 Å². The highest BCUT2D eigenvalue weighted by molar-refractivity contribution is 5.79. The van der Waals surface area contributed by atoms with Crippen LogP contribution in [0.25, 0.3) is 0 Å². The smallest absolute Gasteiger partial charge is 0.224 e. The normalized spacial score (nSPS) is 19.4. The van der Waals surface area contributed by atoms with E-state index in [0.717, 1.165) is 16.9 Å². The van der Waals surface area contributed by atoms with E-state index in [9.17, 15) is 9.90 Å². The largest absolute Gasteiger partial charge is 0.496 e. The molecule has 26 heavy (non-hydrogen) atoms. The molecule has 1 fully saturated rings. The van der Waals surface area contributed by atoms with Crippen LogP contribution in [0.15, 0.2) is 36.8 Å². The Morgan fingerprint density at radius 1 is 1.42 bits per heavy atom. The summed E-state index contributed by atoms with van der Waals surface area (Å²) in [6, 6.07) is 5.75. The molecule has 2 aromatic rings. The minimum Gasteiger partial charge on any atom is -0.496 e. The maximum absolute atomic E-state index is 12.3. The van der Waals surface area contributed by atoms with E-state index in [4.69, 9.17) is 4.74 Å². The fraction of sp³-hybridized carbons (Fsp3) is 0.421. The summed E-state index contributed by atoms with van der Waals surface area (Å²) in [6.07, 6.45) is 5.70. The molecule has 7 nitrogen and oxygen atoms in total. The monoisotopic (exact) mass is 356 g/mol. The van der Waals surface area contributed by atoms with E-state index in [1.165, 1.54) is 0 Å². The first-order valence-electron chi connectivity index (χ1n) is 8.63. The number of aliphatic hydroxyl groups is 1. The van der Waals surface area contributed by atoms with E-state index in [-0.39, 0.29) is 18.9 Å². The lowest BCUT2D eigenvalue weighted by Gasteiger charge is -2.24. The van der Waals surface area contributed by atoms with Crippen molar-refractivity contribution in [1.29, 1.82) is 0 Å². The highest BCUT2D eigenvalue weighted by Crippen LogP contribution is 2.25. The molecule has 0 saturated carbocycles. The molecule has 0 radical (unpaired) electrons. The van der Waals surface area contributed by atoms with E-state index < -0.39 is 5.60 Å². The number of methoxy groups -OCH3 is 1. The standard InChI is InChI=1S/C19H24N4O3/c1-14-3-4-16(26-2)15(9-14)10-18(24)22-12-19(25)5-8-23(13-19)17-11-20-6-7-21-17/h3-4,6-7,9,11,25H,5,8,10,12-13H2,1-2H3,(H,22,24)/t19-/m1/s1. The molecule has 0 spiro atoms. The van der Waals surface area contributed by atoms with Crippen molar-refractivity contribution >= 4 is 11.7 Å². The van der Waals surface area contributed by atoms with Crippen molar-refractivity contribution in [2.45, 2.75) is 25.4 Å². The molecule has 0 aliphatic carbocycles. The fourth-order valence-electron chi connectivity index (χ4n) is 3.19. The van der Waals surface area contributed by atoms with Crippen LogP contribution >= 0.6 is 0 Å². The van der Waals surface area contributed by atoms with Crippen molar-refractivity contribution in [3.8, 4) is 5.75 Å². The molecule has 2 N–H and O–H groups in total. The molecule has 7 heteroatoms. The molecule has 1 aromatic carbocycles. The van der Waals surface area contributed by atoms with Crippen LogP contribution in [0.1, 0.15) is 17.5 Å². The van der Waals surface area contributed by atoms with Crippen LogP contribution in [0.5, 0.6) is 5.75 Å². The Bertz CT molecular complexity index is 769. The van der Waals surface area contributed by atoms with Gasteiger partial charge in [0.05, 0.1) is 19.7 Å². The van der Waals surface area contributed by atoms with E-state index in [1.54, 1.807) is 25.7 Å². The Balaban J connectivity index is 1.55. The number of hydrogen-bond donors (Lipinski definition) is 2. The molecule has 1 atom stereocenters. The number of aromatic nitrogens is 2. The number of carbonyl (C=O) groups is 1. The summed E-state index contributed by atoms with van der Waals surface area (Å²) in [7, 11) is 1.59. The third-order valence-corrected chi connectivity index (χ3v) is 4.61. The van der Waals surface area contributed by atoms with E-state index in [2.05, 4.69) is 15.3 Å². The van der Waals surface area contributed by atoms with Gasteiger partial charge in [-0.2, -0.15) is 0 Å². The number of aryl methyl sites for hydroxylation is 1. The first-order valence-corrected chi connectivity index (χ1v) is 8.63. The number of rotatable bonds is 6. The SMILES string of the molecule is COc1ccc(C)cc1CC(=O)NC[C@]1(O)CCN(c2cnccn2)C1. The lowest BCUT2D eigenvalue weighted by atomic mass is 10.0. The van der Waals surface area contributed by atoms with Gasteiger partial charge >= 0.3 is 0 Å². The molecular formula is C19H24N4O3. The molecule has 1 saturated heterocycles. The summed E-state index contributed by atoms with van der Waals surface area (Å²) in [5, 5.41) is 13.6. The zero-order valence-corrected chi connectivity index (χ0v) is 15.1. The quantitative estimate of drug-likeness (QED) is 0.806. The zero-order chi connectivity index (χ0) is 18.6. The van der Waals surface area contributed by atoms with E-state index in [1.807, 2.05) is 30.0 Å². The predicted molar refractivity (Wildman–Crippen MR) is 98.3 cm³/mol. The molecule has 1 aliphatic heterocycles. The summed E-state index contributed by atoms with van der Waals surface area (Å²) in [4.78, 5) is 22.6. The third kappa shape index (κ3) is 4.29. The second-order valence-corrected chi connectivity index (χ2v) is 6.73. The summed E-state index contributed by atoms with van der Waals surface area (Å²) in [5.41, 5.74) is 0.941. The number of benzene rings is 1. The van der Waals surface area contributed by atoms with Crippen molar-refractivity contribution < 1.29 is 14.6 Å². The highest BCUT2D eigenvalue weighted by atomic mass is 16.5. The Morgan fingerprint density at radius 2 is 2.27 bits per heavy atom. The van der Waals surface area contributed by atoms with Crippen molar-refractivity contribution in [1.82, 2.24) is 15.3 Å². The molecule has 1 amide bonds. The number of ether oxygens (including phenoxy) is 1. The summed E-state index contributed by atoms with van der Waals surface area (Å²) < 4.78 is 5.31. The van der Waals surface area contributed by atoms with Crippen molar-refractivity contribution in [3.05, 3.63) is 47.9 Å². The number of hydrogen-bond acceptors (Lipinski definition) is 6. The Morgan fingerprint density at radius 3 is 3.00 bits per heavy atom. The van der Waals surface area contributed by atoms with Gasteiger partial charge in [-0.3, -0.25) is 9.78 Å². The highest BCUT2D eigenvalue weighted by Gasteiger charge is 2.37. The van der Waals surface area contributed by atoms with Gasteiger partial charge in [-0.1, -0.05) is 17.7 Å². The van der Waals surface area contributed by atoms with Gasteiger partial charge in [0.15, 0.2) is 0 Å². The number of amides is 1. The molecule has 0 bridgehead atoms. The molecular weight excluding hydrogens is 332 g/mol. The van der Waals surface area contributed by atoms with Gasteiger partial charge in [0.1, 0.15) is 17.2 Å². The van der Waals surface area contributed by atoms with Gasteiger partial charge in [-0.05, 0) is 19.4 Å². The van der Waals surface area contributed by atoms with Gasteiger partial charge in [-0.15, -0.1) is 0 Å². The lowest BCUT2D eigenvalue weighted by molar-refractivity contribution is -0.121. The van der Waals surface area contributed by atoms with Crippen LogP contribution in [0.3, 0.4) is 0 Å². The van der Waals surface area contributed by atoms with Gasteiger partial charge in [0.25, 0.3) is 0 Å². The average molecular weight is 356 g/mol. The molecule has 2 heterocycles. The molecule has 1 aliphatic rings. The minimum atomic E-state index is -0.968. The maximum Gasteiger partial charge on any atom is 0.224 e. The minimum absolute atomic E-state index is 0.139. The van der Waals surface area contributed by atoms with Gasteiger partial charge < -0.3 is 20.1 Å². The molecule has 138 valence electrons. The second kappa shape index (κ2) is 7.70. The van der Waals surface area contributed by atoms with Crippen LogP contribution < -0.4 is 15.0 Å². The van der Waals surface area contributed by atoms with Crippen molar-refractivity contribution in [2.24, 2.45) is 0 Å². The number of anilines is 1. The lowest BCUT2D eigenvalue weighted by Crippen LogP contribution is -2.45. The van der Waals surface area contributed by atoms with Crippen LogP contribution in [-0.2, 0) is 11.2 Å². The fourth-order valence-corrected chi connectivity index (χ4v) is 3.19. The Hall–Kier alpha value is -2.67. The van der Waals surface area contributed by atoms with Crippen molar-refractivity contribution in [3.63, 3.8) is 0 Å². The third-order valence-electron chi connectivity index (χ3n) is 4.61. The molecule has 3 rings (SSSR count). The number of nitrogens with zero attached hydrogens (tertiary/aromatic N) is 3. The summed E-state index contributed by atoms with van der Waals surface area (Å²) in [5.74, 6) is 1.29. The van der Waals surface area contributed by atoms with Crippen LogP contribution in [0, 0.1) is 6.92 Å². The average Bonchev–Trinajstić information content (AvgIpc) is 3.04. The van der Waals surface area contributed by atoms with Gasteiger partial charge in [0, 0.05) is 37.6 Å². The topological polar surface area (TPSA) is 87.6 Å². The summed E-state index contributed by atoms with van der Waals surface area (Å²) in [6.45, 7) is 3.27. The Kier molecular flexibility index (Phi) is 5.37. The van der Waals surface area contributed by atoms with E-state index in [0.29, 0.717) is 25.3 Å². The zero-order valence-electron chi connectivity index (χ0n) is 15.1. The van der Waals surface area contributed by atoms with E-state index >= 15 is 0 Å². The first-order chi connectivity index (χ1) is 12.5. The molecule has 1 aromatic heterocycles. The Labute approximate surface area is 153 Å². The number of nitrogens with one attached hydrogen (secondary N) is 1. The van der Waals surface area contributed by atoms with Crippen LogP contribution in [0.4, 0.5) is 5.82 Å². The van der Waals surface area contributed by atoms with Crippen LogP contribution in [-0.4, -0.2) is 53.3 Å². The first kappa shape index (κ1) is 18.1. The number of β-amino-alcohol motifs (C(OH)–C–C–N with tert-alkyl or cyclic N) is 1. The van der Waals surface area contributed by atoms with Gasteiger partial charge in [-0.25, -0.2) is 4.98 Å². The predicted octanol–water partition coefficient (Wildman–Crippen LogP) is 1.09. The van der Waals surface area contributed by atoms with Crippen molar-refractivity contribution in [2.75, 3.05) is 31.6 Å². The maximum atomic E-state index is 12.3.